The Balaban J connectivity index is 1.81. The first-order chi connectivity index (χ1) is 14.3. The number of rotatable bonds is 3. The van der Waals surface area contributed by atoms with Crippen LogP contribution in [0.15, 0.2) is 64.1 Å². The Hall–Kier alpha value is -4.53. The molecule has 9 nitrogen and oxygen atoms in total. The van der Waals surface area contributed by atoms with Crippen LogP contribution in [0.5, 0.6) is 28.7 Å². The van der Waals surface area contributed by atoms with Crippen LogP contribution in [-0.2, 0) is 0 Å². The Labute approximate surface area is 167 Å². The highest BCUT2D eigenvalue weighted by Crippen LogP contribution is 2.38. The number of phenols is 3. The van der Waals surface area contributed by atoms with Gasteiger partial charge in [0.15, 0.2) is 17.3 Å². The lowest BCUT2D eigenvalue weighted by molar-refractivity contribution is 0.0729. The first kappa shape index (κ1) is 18.8. The SMILES string of the molecule is O=C(Oc1cc(-c2oc3cc(O)cc(O)c3c(=O)c2O)ccc1O)c1cccnc1. The van der Waals surface area contributed by atoms with Crippen molar-refractivity contribution in [3.05, 3.63) is 70.6 Å². The number of hydrogen-bond donors (Lipinski definition) is 4. The molecule has 30 heavy (non-hydrogen) atoms. The first-order valence-electron chi connectivity index (χ1n) is 8.52. The van der Waals surface area contributed by atoms with E-state index in [0.717, 1.165) is 12.1 Å². The van der Waals surface area contributed by atoms with Crippen LogP contribution >= 0.6 is 0 Å². The Bertz CT molecular complexity index is 1340. The van der Waals surface area contributed by atoms with Crippen LogP contribution in [0, 0.1) is 0 Å². The standard InChI is InChI=1S/C21H13NO8/c23-12-7-14(25)17-16(8-12)29-20(19(27)18(17)26)10-3-4-13(24)15(6-10)30-21(28)11-2-1-5-22-9-11/h1-9,23-25,27H. The lowest BCUT2D eigenvalue weighted by atomic mass is 10.1. The van der Waals surface area contributed by atoms with Gasteiger partial charge in [0.05, 0.1) is 5.56 Å². The molecular weight excluding hydrogens is 394 g/mol. The number of hydrogen-bond acceptors (Lipinski definition) is 9. The summed E-state index contributed by atoms with van der Waals surface area (Å²) >= 11 is 0. The minimum Gasteiger partial charge on any atom is -0.508 e. The number of benzene rings is 2. The summed E-state index contributed by atoms with van der Waals surface area (Å²) in [5.74, 6) is -3.42. The molecule has 2 aromatic heterocycles. The van der Waals surface area contributed by atoms with Gasteiger partial charge in [-0.25, -0.2) is 4.79 Å². The molecule has 0 aliphatic heterocycles. The van der Waals surface area contributed by atoms with Crippen LogP contribution in [-0.4, -0.2) is 31.4 Å². The summed E-state index contributed by atoms with van der Waals surface area (Å²) in [7, 11) is 0. The number of esters is 1. The number of pyridine rings is 1. The molecule has 4 N–H and O–H groups in total. The number of carbonyl (C=O) groups is 1. The lowest BCUT2D eigenvalue weighted by Gasteiger charge is -2.10. The van der Waals surface area contributed by atoms with Gasteiger partial charge in [-0.05, 0) is 30.3 Å². The minimum atomic E-state index is -0.925. The second-order valence-corrected chi connectivity index (χ2v) is 6.26. The van der Waals surface area contributed by atoms with Gasteiger partial charge in [0, 0.05) is 30.1 Å². The van der Waals surface area contributed by atoms with Crippen molar-refractivity contribution in [2.45, 2.75) is 0 Å². The van der Waals surface area contributed by atoms with E-state index in [4.69, 9.17) is 9.15 Å². The highest BCUT2D eigenvalue weighted by molar-refractivity contribution is 5.91. The normalized spacial score (nSPS) is 10.8. The van der Waals surface area contributed by atoms with Gasteiger partial charge in [0.25, 0.3) is 0 Å². The Morgan fingerprint density at radius 1 is 1.00 bits per heavy atom. The van der Waals surface area contributed by atoms with Gasteiger partial charge in [-0.1, -0.05) is 0 Å². The third-order valence-electron chi connectivity index (χ3n) is 4.26. The second-order valence-electron chi connectivity index (χ2n) is 6.26. The van der Waals surface area contributed by atoms with E-state index in [0.29, 0.717) is 0 Å². The molecule has 4 aromatic rings. The minimum absolute atomic E-state index is 0.0983. The number of aromatic nitrogens is 1. The zero-order valence-electron chi connectivity index (χ0n) is 15.1. The number of carbonyl (C=O) groups excluding carboxylic acids is 1. The van der Waals surface area contributed by atoms with E-state index >= 15 is 0 Å². The molecule has 0 aliphatic rings. The van der Waals surface area contributed by atoms with Crippen LogP contribution in [0.3, 0.4) is 0 Å². The molecule has 4 rings (SSSR count). The van der Waals surface area contributed by atoms with Gasteiger partial charge in [0.2, 0.25) is 11.2 Å². The molecule has 150 valence electrons. The van der Waals surface area contributed by atoms with Gasteiger partial charge in [-0.2, -0.15) is 0 Å². The Morgan fingerprint density at radius 2 is 1.80 bits per heavy atom. The number of ether oxygens (including phenoxy) is 1. The maximum atomic E-state index is 12.5. The maximum absolute atomic E-state index is 12.5. The Kier molecular flexibility index (Phi) is 4.47. The van der Waals surface area contributed by atoms with Crippen LogP contribution < -0.4 is 10.2 Å². The summed E-state index contributed by atoms with van der Waals surface area (Å²) in [6.45, 7) is 0. The van der Waals surface area contributed by atoms with E-state index in [1.807, 2.05) is 0 Å². The lowest BCUT2D eigenvalue weighted by Crippen LogP contribution is -2.09. The van der Waals surface area contributed by atoms with Gasteiger partial charge >= 0.3 is 5.97 Å². The van der Waals surface area contributed by atoms with E-state index in [-0.39, 0.29) is 45.1 Å². The maximum Gasteiger partial charge on any atom is 0.345 e. The number of phenolic OH excluding ortho intramolecular Hbond substituents is 3. The van der Waals surface area contributed by atoms with Crippen molar-refractivity contribution >= 4 is 16.9 Å². The van der Waals surface area contributed by atoms with E-state index in [1.165, 1.54) is 36.7 Å². The molecule has 0 bridgehead atoms. The molecule has 0 spiro atoms. The molecule has 2 aromatic carbocycles. The van der Waals surface area contributed by atoms with Crippen LogP contribution in [0.2, 0.25) is 0 Å². The predicted octanol–water partition coefficient (Wildman–Crippen LogP) is 2.90. The van der Waals surface area contributed by atoms with Crippen molar-refractivity contribution < 1.29 is 34.4 Å². The molecule has 0 unspecified atom stereocenters. The Morgan fingerprint density at radius 3 is 2.53 bits per heavy atom. The fourth-order valence-electron chi connectivity index (χ4n) is 2.85. The van der Waals surface area contributed by atoms with Crippen LogP contribution in [0.25, 0.3) is 22.3 Å². The zero-order chi connectivity index (χ0) is 21.4. The summed E-state index contributed by atoms with van der Waals surface area (Å²) in [6, 6.07) is 8.75. The third kappa shape index (κ3) is 3.24. The van der Waals surface area contributed by atoms with Crippen molar-refractivity contribution in [1.29, 1.82) is 0 Å². The van der Waals surface area contributed by atoms with E-state index in [9.17, 15) is 30.0 Å². The average Bonchev–Trinajstić information content (AvgIpc) is 2.72. The summed E-state index contributed by atoms with van der Waals surface area (Å²) in [6.07, 6.45) is 2.77. The molecule has 0 atom stereocenters. The summed E-state index contributed by atoms with van der Waals surface area (Å²) in [5.41, 5.74) is -0.854. The fraction of sp³-hybridized carbons (Fsp3) is 0. The highest BCUT2D eigenvalue weighted by Gasteiger charge is 2.20. The topological polar surface area (TPSA) is 150 Å². The predicted molar refractivity (Wildman–Crippen MR) is 104 cm³/mol. The van der Waals surface area contributed by atoms with Crippen molar-refractivity contribution in [3.63, 3.8) is 0 Å². The summed E-state index contributed by atoms with van der Waals surface area (Å²) < 4.78 is 10.7. The zero-order valence-corrected chi connectivity index (χ0v) is 15.1. The van der Waals surface area contributed by atoms with Gasteiger partial charge < -0.3 is 29.6 Å². The van der Waals surface area contributed by atoms with E-state index in [2.05, 4.69) is 4.98 Å². The van der Waals surface area contributed by atoms with Gasteiger partial charge in [-0.15, -0.1) is 0 Å². The van der Waals surface area contributed by atoms with Gasteiger partial charge in [-0.3, -0.25) is 9.78 Å². The van der Waals surface area contributed by atoms with E-state index < -0.39 is 22.9 Å². The molecular formula is C21H13NO8. The number of nitrogens with zero attached hydrogens (tertiary/aromatic N) is 1. The smallest absolute Gasteiger partial charge is 0.345 e. The quantitative estimate of drug-likeness (QED) is 0.297. The van der Waals surface area contributed by atoms with Crippen molar-refractivity contribution in [3.8, 4) is 40.1 Å². The van der Waals surface area contributed by atoms with Crippen LogP contribution in [0.1, 0.15) is 10.4 Å². The molecule has 0 saturated heterocycles. The van der Waals surface area contributed by atoms with Crippen molar-refractivity contribution in [2.75, 3.05) is 0 Å². The molecule has 0 fully saturated rings. The molecule has 2 heterocycles. The molecule has 0 aliphatic carbocycles. The largest absolute Gasteiger partial charge is 0.508 e. The monoisotopic (exact) mass is 407 g/mol. The van der Waals surface area contributed by atoms with Crippen molar-refractivity contribution in [1.82, 2.24) is 4.98 Å². The van der Waals surface area contributed by atoms with Crippen molar-refractivity contribution in [2.24, 2.45) is 0 Å². The summed E-state index contributed by atoms with van der Waals surface area (Å²) in [5, 5.41) is 39.5. The molecule has 9 heteroatoms. The van der Waals surface area contributed by atoms with E-state index in [1.54, 1.807) is 6.07 Å². The fourth-order valence-corrected chi connectivity index (χ4v) is 2.85. The number of fused-ring (bicyclic) bond motifs is 1. The van der Waals surface area contributed by atoms with Gasteiger partial charge in [0.1, 0.15) is 22.5 Å². The molecule has 0 amide bonds. The summed E-state index contributed by atoms with van der Waals surface area (Å²) in [4.78, 5) is 28.5. The van der Waals surface area contributed by atoms with Crippen LogP contribution in [0.4, 0.5) is 0 Å². The second kappa shape index (κ2) is 7.13. The molecule has 0 saturated carbocycles. The average molecular weight is 407 g/mol. The first-order valence-corrected chi connectivity index (χ1v) is 8.52. The molecule has 0 radical (unpaired) electrons. The third-order valence-corrected chi connectivity index (χ3v) is 4.26. The highest BCUT2D eigenvalue weighted by atomic mass is 16.5. The number of aromatic hydroxyl groups is 4.